The lowest BCUT2D eigenvalue weighted by molar-refractivity contribution is -0.137. The van der Waals surface area contributed by atoms with Crippen molar-refractivity contribution < 1.29 is 19.5 Å². The summed E-state index contributed by atoms with van der Waals surface area (Å²) in [6, 6.07) is -0.506. The van der Waals surface area contributed by atoms with Crippen molar-refractivity contribution in [1.82, 2.24) is 15.1 Å². The standard InChI is InChI=1S/C13H23N3O4/c1-5-7-16(9-12(18)19)13(20)15(6-2)8-11(17)14-10(3)4/h5,10H,1,6-9H2,2-4H3,(H,14,17)(H,18,19). The highest BCUT2D eigenvalue weighted by atomic mass is 16.4. The number of likely N-dealkylation sites (N-methyl/N-ethyl adjacent to an activating group) is 1. The number of carbonyl (C=O) groups excluding carboxylic acids is 2. The van der Waals surface area contributed by atoms with E-state index in [2.05, 4.69) is 11.9 Å². The molecule has 3 amide bonds. The van der Waals surface area contributed by atoms with Gasteiger partial charge in [-0.25, -0.2) is 4.79 Å². The van der Waals surface area contributed by atoms with Gasteiger partial charge in [-0.05, 0) is 20.8 Å². The van der Waals surface area contributed by atoms with E-state index in [1.807, 2.05) is 13.8 Å². The van der Waals surface area contributed by atoms with Gasteiger partial charge in [-0.1, -0.05) is 6.08 Å². The third-order valence-corrected chi connectivity index (χ3v) is 2.38. The van der Waals surface area contributed by atoms with E-state index in [1.54, 1.807) is 6.92 Å². The monoisotopic (exact) mass is 285 g/mol. The highest BCUT2D eigenvalue weighted by Crippen LogP contribution is 2.00. The van der Waals surface area contributed by atoms with Crippen molar-refractivity contribution in [2.75, 3.05) is 26.2 Å². The zero-order valence-electron chi connectivity index (χ0n) is 12.3. The Morgan fingerprint density at radius 1 is 1.25 bits per heavy atom. The molecule has 0 aliphatic heterocycles. The molecular formula is C13H23N3O4. The Balaban J connectivity index is 4.74. The van der Waals surface area contributed by atoms with E-state index in [4.69, 9.17) is 5.11 Å². The average molecular weight is 285 g/mol. The van der Waals surface area contributed by atoms with Crippen LogP contribution in [-0.2, 0) is 9.59 Å². The summed E-state index contributed by atoms with van der Waals surface area (Å²) in [5.74, 6) is -1.38. The second-order valence-electron chi connectivity index (χ2n) is 4.58. The van der Waals surface area contributed by atoms with Gasteiger partial charge in [-0.3, -0.25) is 9.59 Å². The Morgan fingerprint density at radius 3 is 2.25 bits per heavy atom. The molecule has 0 spiro atoms. The van der Waals surface area contributed by atoms with Gasteiger partial charge in [-0.2, -0.15) is 0 Å². The second-order valence-corrected chi connectivity index (χ2v) is 4.58. The summed E-state index contributed by atoms with van der Waals surface area (Å²) in [4.78, 5) is 37.0. The van der Waals surface area contributed by atoms with Gasteiger partial charge in [0.25, 0.3) is 0 Å². The lowest BCUT2D eigenvalue weighted by atomic mass is 10.3. The first-order valence-corrected chi connectivity index (χ1v) is 6.47. The number of hydrogen-bond acceptors (Lipinski definition) is 3. The number of rotatable bonds is 8. The molecule has 0 saturated carbocycles. The van der Waals surface area contributed by atoms with Gasteiger partial charge in [0, 0.05) is 19.1 Å². The summed E-state index contributed by atoms with van der Waals surface area (Å²) in [5, 5.41) is 11.5. The number of urea groups is 1. The van der Waals surface area contributed by atoms with Crippen molar-refractivity contribution in [3.05, 3.63) is 12.7 Å². The van der Waals surface area contributed by atoms with Gasteiger partial charge in [0.2, 0.25) is 5.91 Å². The fraction of sp³-hybridized carbons (Fsp3) is 0.615. The van der Waals surface area contributed by atoms with Crippen LogP contribution in [0.1, 0.15) is 20.8 Å². The van der Waals surface area contributed by atoms with Crippen molar-refractivity contribution in [2.45, 2.75) is 26.8 Å². The number of carbonyl (C=O) groups is 3. The van der Waals surface area contributed by atoms with Crippen LogP contribution < -0.4 is 5.32 Å². The molecule has 0 atom stereocenters. The third-order valence-electron chi connectivity index (χ3n) is 2.38. The van der Waals surface area contributed by atoms with Crippen LogP contribution >= 0.6 is 0 Å². The van der Waals surface area contributed by atoms with E-state index in [0.717, 1.165) is 4.90 Å². The van der Waals surface area contributed by atoms with Crippen LogP contribution in [0.15, 0.2) is 12.7 Å². The molecule has 20 heavy (non-hydrogen) atoms. The molecule has 0 aromatic heterocycles. The zero-order valence-corrected chi connectivity index (χ0v) is 12.3. The van der Waals surface area contributed by atoms with Crippen molar-refractivity contribution in [3.63, 3.8) is 0 Å². The Kier molecular flexibility index (Phi) is 8.03. The lowest BCUT2D eigenvalue weighted by Gasteiger charge is -2.28. The maximum atomic E-state index is 12.2. The number of carboxylic acids is 1. The van der Waals surface area contributed by atoms with Crippen molar-refractivity contribution in [2.24, 2.45) is 0 Å². The van der Waals surface area contributed by atoms with Gasteiger partial charge >= 0.3 is 12.0 Å². The lowest BCUT2D eigenvalue weighted by Crippen LogP contribution is -2.49. The van der Waals surface area contributed by atoms with Crippen molar-refractivity contribution in [3.8, 4) is 0 Å². The summed E-state index contributed by atoms with van der Waals surface area (Å²) in [6.45, 7) is 8.78. The van der Waals surface area contributed by atoms with Crippen LogP contribution in [0.2, 0.25) is 0 Å². The molecular weight excluding hydrogens is 262 g/mol. The van der Waals surface area contributed by atoms with Crippen molar-refractivity contribution >= 4 is 17.9 Å². The summed E-state index contributed by atoms with van der Waals surface area (Å²) >= 11 is 0. The van der Waals surface area contributed by atoms with Gasteiger partial charge in [-0.15, -0.1) is 6.58 Å². The minimum Gasteiger partial charge on any atom is -0.480 e. The number of nitrogens with one attached hydrogen (secondary N) is 1. The molecule has 7 nitrogen and oxygen atoms in total. The normalized spacial score (nSPS) is 10.0. The summed E-state index contributed by atoms with van der Waals surface area (Å²) < 4.78 is 0. The minimum atomic E-state index is -1.11. The molecule has 7 heteroatoms. The molecule has 0 aromatic carbocycles. The van der Waals surface area contributed by atoms with E-state index < -0.39 is 18.5 Å². The van der Waals surface area contributed by atoms with E-state index in [0.29, 0.717) is 6.54 Å². The molecule has 0 aliphatic carbocycles. The fourth-order valence-electron chi connectivity index (χ4n) is 1.59. The van der Waals surface area contributed by atoms with E-state index in [9.17, 15) is 14.4 Å². The molecule has 0 heterocycles. The second kappa shape index (κ2) is 8.95. The van der Waals surface area contributed by atoms with Gasteiger partial charge < -0.3 is 20.2 Å². The molecule has 0 aliphatic rings. The first-order chi connectivity index (χ1) is 9.31. The minimum absolute atomic E-state index is 0.0143. The molecule has 114 valence electrons. The Hall–Kier alpha value is -2.05. The summed E-state index contributed by atoms with van der Waals surface area (Å²) in [5.41, 5.74) is 0. The topological polar surface area (TPSA) is 90.0 Å². The largest absolute Gasteiger partial charge is 0.480 e. The summed E-state index contributed by atoms with van der Waals surface area (Å²) in [6.07, 6.45) is 1.45. The van der Waals surface area contributed by atoms with Gasteiger partial charge in [0.15, 0.2) is 0 Å². The average Bonchev–Trinajstić information content (AvgIpc) is 2.33. The molecule has 0 fully saturated rings. The molecule has 0 saturated heterocycles. The van der Waals surface area contributed by atoms with E-state index in [1.165, 1.54) is 11.0 Å². The molecule has 0 bridgehead atoms. The van der Waals surface area contributed by atoms with Gasteiger partial charge in [0.05, 0.1) is 0 Å². The maximum absolute atomic E-state index is 12.2. The van der Waals surface area contributed by atoms with Crippen LogP contribution in [-0.4, -0.2) is 65.0 Å². The number of hydrogen-bond donors (Lipinski definition) is 2. The van der Waals surface area contributed by atoms with Crippen molar-refractivity contribution in [1.29, 1.82) is 0 Å². The summed E-state index contributed by atoms with van der Waals surface area (Å²) in [7, 11) is 0. The number of nitrogens with zero attached hydrogens (tertiary/aromatic N) is 2. The van der Waals surface area contributed by atoms with Crippen LogP contribution in [0, 0.1) is 0 Å². The first kappa shape index (κ1) is 17.9. The maximum Gasteiger partial charge on any atom is 0.323 e. The molecule has 0 aromatic rings. The Bertz CT molecular complexity index is 369. The third kappa shape index (κ3) is 6.77. The Labute approximate surface area is 119 Å². The first-order valence-electron chi connectivity index (χ1n) is 6.47. The highest BCUT2D eigenvalue weighted by molar-refractivity contribution is 5.85. The zero-order chi connectivity index (χ0) is 15.7. The molecule has 0 rings (SSSR count). The fourth-order valence-corrected chi connectivity index (χ4v) is 1.59. The highest BCUT2D eigenvalue weighted by Gasteiger charge is 2.22. The van der Waals surface area contributed by atoms with Crippen LogP contribution in [0.4, 0.5) is 4.79 Å². The van der Waals surface area contributed by atoms with Crippen LogP contribution in [0.3, 0.4) is 0 Å². The number of amides is 3. The smallest absolute Gasteiger partial charge is 0.323 e. The molecule has 0 radical (unpaired) electrons. The van der Waals surface area contributed by atoms with Crippen LogP contribution in [0.25, 0.3) is 0 Å². The SMILES string of the molecule is C=CCN(CC(=O)O)C(=O)N(CC)CC(=O)NC(C)C. The van der Waals surface area contributed by atoms with Crippen LogP contribution in [0.5, 0.6) is 0 Å². The predicted molar refractivity (Wildman–Crippen MR) is 75.3 cm³/mol. The van der Waals surface area contributed by atoms with E-state index >= 15 is 0 Å². The molecule has 0 unspecified atom stereocenters. The number of carboxylic acid groups (broad SMARTS) is 1. The van der Waals surface area contributed by atoms with E-state index in [-0.39, 0.29) is 25.0 Å². The Morgan fingerprint density at radius 2 is 1.85 bits per heavy atom. The quantitative estimate of drug-likeness (QED) is 0.636. The predicted octanol–water partition coefficient (Wildman–Crippen LogP) is 0.526. The van der Waals surface area contributed by atoms with Gasteiger partial charge in [0.1, 0.15) is 13.1 Å². The number of aliphatic carboxylic acids is 1. The molecule has 2 N–H and O–H groups in total.